The zero-order valence-electron chi connectivity index (χ0n) is 21.3. The highest BCUT2D eigenvalue weighted by Crippen LogP contribution is 2.41. The first-order valence-corrected chi connectivity index (χ1v) is 12.5. The summed E-state index contributed by atoms with van der Waals surface area (Å²) in [5.74, 6) is -0.901. The van der Waals surface area contributed by atoms with Crippen LogP contribution in [0.5, 0.6) is 0 Å². The molecule has 0 spiro atoms. The van der Waals surface area contributed by atoms with Crippen molar-refractivity contribution in [1.82, 2.24) is 4.90 Å². The number of nitrogens with one attached hydrogen (secondary N) is 1. The van der Waals surface area contributed by atoms with Gasteiger partial charge in [0.05, 0.1) is 35.5 Å². The minimum absolute atomic E-state index is 0.0748. The highest BCUT2D eigenvalue weighted by atomic mass is 16.6. The second kappa shape index (κ2) is 10.1. The molecule has 0 saturated carbocycles. The van der Waals surface area contributed by atoms with Gasteiger partial charge in [-0.15, -0.1) is 0 Å². The fourth-order valence-corrected chi connectivity index (χ4v) is 5.16. The van der Waals surface area contributed by atoms with E-state index in [0.29, 0.717) is 18.7 Å². The van der Waals surface area contributed by atoms with E-state index in [-0.39, 0.29) is 30.5 Å². The maximum Gasteiger partial charge on any atom is 0.410 e. The summed E-state index contributed by atoms with van der Waals surface area (Å²) in [5.41, 5.74) is 3.78. The zero-order valence-corrected chi connectivity index (χ0v) is 21.3. The SMILES string of the molecule is CCC(CC(=O)O)c1ccc(N2C[C@@H]3C[C@H]2CN3C(=O)OC(C)(C)C)c(Nc2ccc(C#N)cc2)c1. The Morgan fingerprint density at radius 2 is 1.89 bits per heavy atom. The third-order valence-corrected chi connectivity index (χ3v) is 6.88. The number of carbonyl (C=O) groups is 2. The molecule has 2 aliphatic rings. The molecule has 2 N–H and O–H groups in total. The van der Waals surface area contributed by atoms with Gasteiger partial charge in [-0.05, 0) is 81.5 Å². The van der Waals surface area contributed by atoms with Gasteiger partial charge in [0.2, 0.25) is 0 Å². The molecule has 2 heterocycles. The number of hydrogen-bond donors (Lipinski definition) is 2. The van der Waals surface area contributed by atoms with Crippen LogP contribution in [-0.2, 0) is 9.53 Å². The summed E-state index contributed by atoms with van der Waals surface area (Å²) in [6, 6.07) is 15.8. The number of amides is 1. The molecule has 0 aromatic heterocycles. The Morgan fingerprint density at radius 1 is 1.17 bits per heavy atom. The highest BCUT2D eigenvalue weighted by molar-refractivity contribution is 5.79. The molecule has 8 heteroatoms. The Kier molecular flexibility index (Phi) is 7.11. The van der Waals surface area contributed by atoms with E-state index in [2.05, 4.69) is 22.4 Å². The lowest BCUT2D eigenvalue weighted by molar-refractivity contribution is -0.137. The average Bonchev–Trinajstić information content (AvgIpc) is 3.43. The standard InChI is InChI=1S/C28H34N4O4/c1-5-19(13-26(33)34)20-8-11-25(24(12-20)30-21-9-6-18(15-29)7-10-21)31-16-23-14-22(31)17-32(23)27(35)36-28(2,3)4/h6-12,19,22-23,30H,5,13-14,16-17H2,1-4H3,(H,33,34)/t19?,22-,23-/m0/s1. The summed E-state index contributed by atoms with van der Waals surface area (Å²) < 4.78 is 5.61. The summed E-state index contributed by atoms with van der Waals surface area (Å²) in [5, 5.41) is 22.0. The fraction of sp³-hybridized carbons (Fsp3) is 0.464. The molecule has 3 atom stereocenters. The van der Waals surface area contributed by atoms with Gasteiger partial charge in [-0.1, -0.05) is 13.0 Å². The number of benzene rings is 2. The normalized spacial score (nSPS) is 19.6. The number of fused-ring (bicyclic) bond motifs is 2. The van der Waals surface area contributed by atoms with Crippen molar-refractivity contribution in [3.63, 3.8) is 0 Å². The fourth-order valence-electron chi connectivity index (χ4n) is 5.16. The molecule has 0 aliphatic carbocycles. The van der Waals surface area contributed by atoms with Gasteiger partial charge in [-0.3, -0.25) is 4.79 Å². The monoisotopic (exact) mass is 490 g/mol. The number of carboxylic acids is 1. The smallest absolute Gasteiger partial charge is 0.410 e. The second-order valence-corrected chi connectivity index (χ2v) is 10.6. The number of hydrogen-bond acceptors (Lipinski definition) is 6. The Hall–Kier alpha value is -3.73. The number of nitrogens with zero attached hydrogens (tertiary/aromatic N) is 3. The van der Waals surface area contributed by atoms with Crippen molar-refractivity contribution in [3.05, 3.63) is 53.6 Å². The largest absolute Gasteiger partial charge is 0.481 e. The van der Waals surface area contributed by atoms with Crippen LogP contribution in [0.4, 0.5) is 21.9 Å². The average molecular weight is 491 g/mol. The van der Waals surface area contributed by atoms with E-state index < -0.39 is 11.6 Å². The molecule has 0 radical (unpaired) electrons. The molecule has 8 nitrogen and oxygen atoms in total. The molecule has 2 bridgehead atoms. The van der Waals surface area contributed by atoms with Crippen molar-refractivity contribution in [1.29, 1.82) is 5.26 Å². The van der Waals surface area contributed by atoms with Crippen molar-refractivity contribution in [2.75, 3.05) is 23.3 Å². The molecule has 2 aromatic rings. The lowest BCUT2D eigenvalue weighted by Crippen LogP contribution is -2.50. The van der Waals surface area contributed by atoms with Crippen LogP contribution in [0, 0.1) is 11.3 Å². The number of carbonyl (C=O) groups excluding carboxylic acids is 1. The van der Waals surface area contributed by atoms with E-state index >= 15 is 0 Å². The van der Waals surface area contributed by atoms with Gasteiger partial charge in [0, 0.05) is 24.8 Å². The number of anilines is 3. The maximum absolute atomic E-state index is 12.7. The predicted molar refractivity (Wildman–Crippen MR) is 139 cm³/mol. The molecule has 2 aromatic carbocycles. The van der Waals surface area contributed by atoms with Crippen molar-refractivity contribution in [2.24, 2.45) is 0 Å². The van der Waals surface area contributed by atoms with Crippen LogP contribution in [0.3, 0.4) is 0 Å². The van der Waals surface area contributed by atoms with Gasteiger partial charge in [-0.2, -0.15) is 5.26 Å². The third kappa shape index (κ3) is 5.56. The first-order chi connectivity index (χ1) is 17.1. The van der Waals surface area contributed by atoms with E-state index in [1.807, 2.05) is 56.9 Å². The number of carboxylic acid groups (broad SMARTS) is 1. The molecule has 1 unspecified atom stereocenters. The minimum atomic E-state index is -0.813. The zero-order chi connectivity index (χ0) is 26.0. The number of aliphatic carboxylic acids is 1. The maximum atomic E-state index is 12.7. The number of likely N-dealkylation sites (tertiary alicyclic amines) is 1. The van der Waals surface area contributed by atoms with E-state index in [1.165, 1.54) is 0 Å². The lowest BCUT2D eigenvalue weighted by Gasteiger charge is -2.37. The van der Waals surface area contributed by atoms with Crippen molar-refractivity contribution in [3.8, 4) is 6.07 Å². The molecule has 2 saturated heterocycles. The summed E-state index contributed by atoms with van der Waals surface area (Å²) in [7, 11) is 0. The van der Waals surface area contributed by atoms with Crippen LogP contribution >= 0.6 is 0 Å². The Balaban J connectivity index is 1.61. The Morgan fingerprint density at radius 3 is 2.44 bits per heavy atom. The van der Waals surface area contributed by atoms with E-state index in [1.54, 1.807) is 12.1 Å². The topological polar surface area (TPSA) is 106 Å². The Labute approximate surface area is 212 Å². The van der Waals surface area contributed by atoms with Gasteiger partial charge in [0.1, 0.15) is 5.60 Å². The van der Waals surface area contributed by atoms with E-state index in [0.717, 1.165) is 35.5 Å². The van der Waals surface area contributed by atoms with Gasteiger partial charge in [-0.25, -0.2) is 4.79 Å². The summed E-state index contributed by atoms with van der Waals surface area (Å²) >= 11 is 0. The van der Waals surface area contributed by atoms with Gasteiger partial charge < -0.3 is 25.0 Å². The molecule has 190 valence electrons. The van der Waals surface area contributed by atoms with Crippen LogP contribution in [0.25, 0.3) is 0 Å². The summed E-state index contributed by atoms with van der Waals surface area (Å²) in [6.45, 7) is 8.94. The molecule has 36 heavy (non-hydrogen) atoms. The third-order valence-electron chi connectivity index (χ3n) is 6.88. The van der Waals surface area contributed by atoms with Crippen LogP contribution in [-0.4, -0.2) is 52.8 Å². The summed E-state index contributed by atoms with van der Waals surface area (Å²) in [6.07, 6.45) is 1.42. The van der Waals surface area contributed by atoms with Gasteiger partial charge in [0.25, 0.3) is 0 Å². The molecule has 2 fully saturated rings. The van der Waals surface area contributed by atoms with Gasteiger partial charge >= 0.3 is 12.1 Å². The van der Waals surface area contributed by atoms with E-state index in [9.17, 15) is 14.7 Å². The predicted octanol–water partition coefficient (Wildman–Crippen LogP) is 5.47. The number of ether oxygens (including phenoxy) is 1. The van der Waals surface area contributed by atoms with Gasteiger partial charge in [0.15, 0.2) is 0 Å². The Bertz CT molecular complexity index is 1170. The number of piperazine rings is 1. The number of nitriles is 1. The highest BCUT2D eigenvalue weighted by Gasteiger charge is 2.47. The molecule has 1 amide bonds. The first-order valence-electron chi connectivity index (χ1n) is 12.5. The van der Waals surface area contributed by atoms with Crippen LogP contribution in [0.1, 0.15) is 64.0 Å². The van der Waals surface area contributed by atoms with Crippen LogP contribution in [0.15, 0.2) is 42.5 Å². The van der Waals surface area contributed by atoms with Crippen molar-refractivity contribution >= 4 is 29.1 Å². The number of rotatable bonds is 7. The summed E-state index contributed by atoms with van der Waals surface area (Å²) in [4.78, 5) is 28.3. The molecule has 2 aliphatic heterocycles. The van der Waals surface area contributed by atoms with E-state index in [4.69, 9.17) is 10.00 Å². The minimum Gasteiger partial charge on any atom is -0.481 e. The molecule has 4 rings (SSSR count). The molecular formula is C28H34N4O4. The lowest BCUT2D eigenvalue weighted by atomic mass is 9.92. The van der Waals surface area contributed by atoms with Crippen LogP contribution < -0.4 is 10.2 Å². The first kappa shape index (κ1) is 25.4. The quantitative estimate of drug-likeness (QED) is 0.530. The van der Waals surface area contributed by atoms with Crippen molar-refractivity contribution < 1.29 is 19.4 Å². The van der Waals surface area contributed by atoms with Crippen LogP contribution in [0.2, 0.25) is 0 Å². The second-order valence-electron chi connectivity index (χ2n) is 10.6. The molecular weight excluding hydrogens is 456 g/mol. The van der Waals surface area contributed by atoms with Crippen molar-refractivity contribution in [2.45, 2.75) is 70.6 Å².